The van der Waals surface area contributed by atoms with Gasteiger partial charge in [-0.05, 0) is 25.0 Å². The second kappa shape index (κ2) is 9.84. The Labute approximate surface area is 154 Å². The number of sulfonamides is 1. The summed E-state index contributed by atoms with van der Waals surface area (Å²) in [5.41, 5.74) is 1.08. The van der Waals surface area contributed by atoms with E-state index in [-0.39, 0.29) is 18.9 Å². The lowest BCUT2D eigenvalue weighted by Gasteiger charge is -2.25. The topological polar surface area (TPSA) is 84.9 Å². The maximum atomic E-state index is 12.2. The average molecular weight is 393 g/mol. The van der Waals surface area contributed by atoms with Crippen LogP contribution in [-0.4, -0.2) is 54.5 Å². The Morgan fingerprint density at radius 2 is 2.00 bits per heavy atom. The number of ether oxygens (including phenoxy) is 2. The summed E-state index contributed by atoms with van der Waals surface area (Å²) in [6.45, 7) is 2.81. The molecule has 1 aromatic carbocycles. The van der Waals surface area contributed by atoms with Gasteiger partial charge in [-0.3, -0.25) is 9.10 Å². The molecule has 1 amide bonds. The molecule has 0 unspecified atom stereocenters. The van der Waals surface area contributed by atoms with Crippen LogP contribution in [0.1, 0.15) is 18.4 Å². The second-order valence-electron chi connectivity index (χ2n) is 5.55. The minimum absolute atomic E-state index is 0.00633. The number of nitrogens with zero attached hydrogens (tertiary/aromatic N) is 1. The van der Waals surface area contributed by atoms with Crippen molar-refractivity contribution >= 4 is 33.2 Å². The van der Waals surface area contributed by atoms with Crippen molar-refractivity contribution in [1.82, 2.24) is 5.32 Å². The van der Waals surface area contributed by atoms with Crippen LogP contribution in [0.2, 0.25) is 5.02 Å². The SMILES string of the molecule is COCCCNC(=O)CCN(c1cc(C)c(Cl)cc1OC)S(C)(=O)=O. The van der Waals surface area contributed by atoms with Gasteiger partial charge in [0.05, 0.1) is 19.1 Å². The van der Waals surface area contributed by atoms with Crippen molar-refractivity contribution < 1.29 is 22.7 Å². The number of amides is 1. The molecule has 25 heavy (non-hydrogen) atoms. The molecule has 7 nitrogen and oxygen atoms in total. The molecule has 0 aliphatic carbocycles. The molecule has 0 atom stereocenters. The molecule has 0 aliphatic rings. The molecular weight excluding hydrogens is 368 g/mol. The van der Waals surface area contributed by atoms with Crippen LogP contribution in [0.15, 0.2) is 12.1 Å². The van der Waals surface area contributed by atoms with Gasteiger partial charge in [0.15, 0.2) is 0 Å². The van der Waals surface area contributed by atoms with Gasteiger partial charge in [-0.25, -0.2) is 8.42 Å². The Morgan fingerprint density at radius 1 is 1.32 bits per heavy atom. The molecule has 1 N–H and O–H groups in total. The lowest BCUT2D eigenvalue weighted by Crippen LogP contribution is -2.35. The Bertz CT molecular complexity index is 694. The van der Waals surface area contributed by atoms with E-state index in [0.29, 0.717) is 36.0 Å². The van der Waals surface area contributed by atoms with E-state index in [9.17, 15) is 13.2 Å². The van der Waals surface area contributed by atoms with E-state index in [2.05, 4.69) is 5.32 Å². The van der Waals surface area contributed by atoms with Crippen LogP contribution in [0.3, 0.4) is 0 Å². The molecule has 0 spiro atoms. The smallest absolute Gasteiger partial charge is 0.232 e. The highest BCUT2D eigenvalue weighted by molar-refractivity contribution is 7.92. The third-order valence-corrected chi connectivity index (χ3v) is 5.11. The first kappa shape index (κ1) is 21.5. The first-order valence-electron chi connectivity index (χ1n) is 7.78. The van der Waals surface area contributed by atoms with Crippen LogP contribution >= 0.6 is 11.6 Å². The number of rotatable bonds is 10. The van der Waals surface area contributed by atoms with Gasteiger partial charge in [0.1, 0.15) is 5.75 Å². The lowest BCUT2D eigenvalue weighted by atomic mass is 10.2. The molecule has 9 heteroatoms. The minimum Gasteiger partial charge on any atom is -0.494 e. The van der Waals surface area contributed by atoms with Crippen molar-refractivity contribution in [3.8, 4) is 5.75 Å². The number of anilines is 1. The third kappa shape index (κ3) is 6.72. The summed E-state index contributed by atoms with van der Waals surface area (Å²) in [5.74, 6) is 0.107. The Balaban J connectivity index is 2.90. The summed E-state index contributed by atoms with van der Waals surface area (Å²) in [5, 5.41) is 3.21. The molecule has 142 valence electrons. The maximum absolute atomic E-state index is 12.2. The van der Waals surface area contributed by atoms with Crippen LogP contribution in [0, 0.1) is 6.92 Å². The number of nitrogens with one attached hydrogen (secondary N) is 1. The van der Waals surface area contributed by atoms with E-state index in [1.807, 2.05) is 0 Å². The van der Waals surface area contributed by atoms with E-state index in [1.54, 1.807) is 26.2 Å². The largest absolute Gasteiger partial charge is 0.494 e. The second-order valence-corrected chi connectivity index (χ2v) is 7.87. The number of carbonyl (C=O) groups is 1. The summed E-state index contributed by atoms with van der Waals surface area (Å²) in [7, 11) is -0.566. The highest BCUT2D eigenvalue weighted by Crippen LogP contribution is 2.35. The Hall–Kier alpha value is -1.51. The fourth-order valence-electron chi connectivity index (χ4n) is 2.21. The Morgan fingerprint density at radius 3 is 2.56 bits per heavy atom. The van der Waals surface area contributed by atoms with Crippen LogP contribution in [0.5, 0.6) is 5.75 Å². The first-order valence-corrected chi connectivity index (χ1v) is 10.0. The number of aryl methyl sites for hydroxylation is 1. The van der Waals surface area contributed by atoms with Crippen molar-refractivity contribution in [1.29, 1.82) is 0 Å². The van der Waals surface area contributed by atoms with Gasteiger partial charge in [-0.15, -0.1) is 0 Å². The molecule has 0 heterocycles. The highest BCUT2D eigenvalue weighted by atomic mass is 35.5. The third-order valence-electron chi connectivity index (χ3n) is 3.52. The number of hydrogen-bond donors (Lipinski definition) is 1. The van der Waals surface area contributed by atoms with Crippen molar-refractivity contribution in [3.05, 3.63) is 22.7 Å². The zero-order chi connectivity index (χ0) is 19.0. The number of halogens is 1. The summed E-state index contributed by atoms with van der Waals surface area (Å²) in [6, 6.07) is 3.20. The average Bonchev–Trinajstić information content (AvgIpc) is 2.53. The van der Waals surface area contributed by atoms with E-state index in [4.69, 9.17) is 21.1 Å². The predicted molar refractivity (Wildman–Crippen MR) is 99.1 cm³/mol. The van der Waals surface area contributed by atoms with Gasteiger partial charge in [0.2, 0.25) is 15.9 Å². The first-order chi connectivity index (χ1) is 11.7. The van der Waals surface area contributed by atoms with Crippen LogP contribution in [0.4, 0.5) is 5.69 Å². The molecule has 0 saturated carbocycles. The molecule has 0 aromatic heterocycles. The van der Waals surface area contributed by atoms with E-state index < -0.39 is 10.0 Å². The van der Waals surface area contributed by atoms with Gasteiger partial charge in [0, 0.05) is 44.3 Å². The fraction of sp³-hybridized carbons (Fsp3) is 0.562. The van der Waals surface area contributed by atoms with Crippen molar-refractivity contribution in [2.75, 3.05) is 44.5 Å². The molecule has 0 saturated heterocycles. The molecule has 0 fully saturated rings. The van der Waals surface area contributed by atoms with E-state index >= 15 is 0 Å². The molecule has 0 aliphatic heterocycles. The predicted octanol–water partition coefficient (Wildman–Crippen LogP) is 1.97. The van der Waals surface area contributed by atoms with Gasteiger partial charge in [0.25, 0.3) is 0 Å². The van der Waals surface area contributed by atoms with Gasteiger partial charge in [-0.2, -0.15) is 0 Å². The van der Waals surface area contributed by atoms with Crippen LogP contribution < -0.4 is 14.4 Å². The summed E-state index contributed by atoms with van der Waals surface area (Å²) >= 11 is 6.07. The standard InChI is InChI=1S/C16H25ClN2O5S/c1-12-10-14(15(24-3)11-13(12)17)19(25(4,21)22)8-6-16(20)18-7-5-9-23-2/h10-11H,5-9H2,1-4H3,(H,18,20). The van der Waals surface area contributed by atoms with Crippen LogP contribution in [-0.2, 0) is 19.6 Å². The van der Waals surface area contributed by atoms with Crippen molar-refractivity contribution in [2.24, 2.45) is 0 Å². The Kier molecular flexibility index (Phi) is 8.47. The van der Waals surface area contributed by atoms with Crippen molar-refractivity contribution in [2.45, 2.75) is 19.8 Å². The van der Waals surface area contributed by atoms with Gasteiger partial charge in [-0.1, -0.05) is 11.6 Å². The molecule has 1 rings (SSSR count). The van der Waals surface area contributed by atoms with E-state index in [0.717, 1.165) is 16.1 Å². The van der Waals surface area contributed by atoms with Gasteiger partial charge < -0.3 is 14.8 Å². The minimum atomic E-state index is -3.59. The van der Waals surface area contributed by atoms with Crippen molar-refractivity contribution in [3.63, 3.8) is 0 Å². The quantitative estimate of drug-likeness (QED) is 0.615. The van der Waals surface area contributed by atoms with E-state index in [1.165, 1.54) is 7.11 Å². The summed E-state index contributed by atoms with van der Waals surface area (Å²) in [4.78, 5) is 11.9. The molecular formula is C16H25ClN2O5S. The highest BCUT2D eigenvalue weighted by Gasteiger charge is 2.23. The molecule has 1 aromatic rings. The fourth-order valence-corrected chi connectivity index (χ4v) is 3.28. The maximum Gasteiger partial charge on any atom is 0.232 e. The number of methoxy groups -OCH3 is 2. The summed E-state index contributed by atoms with van der Waals surface area (Å²) in [6.07, 6.45) is 1.82. The number of hydrogen-bond acceptors (Lipinski definition) is 5. The summed E-state index contributed by atoms with van der Waals surface area (Å²) < 4.78 is 35.7. The zero-order valence-electron chi connectivity index (χ0n) is 15.0. The normalized spacial score (nSPS) is 11.2. The lowest BCUT2D eigenvalue weighted by molar-refractivity contribution is -0.120. The number of benzene rings is 1. The number of carbonyl (C=O) groups excluding carboxylic acids is 1. The molecule has 0 bridgehead atoms. The molecule has 0 radical (unpaired) electrons. The zero-order valence-corrected chi connectivity index (χ0v) is 16.5. The van der Waals surface area contributed by atoms with Gasteiger partial charge >= 0.3 is 0 Å². The monoisotopic (exact) mass is 392 g/mol. The van der Waals surface area contributed by atoms with Crippen LogP contribution in [0.25, 0.3) is 0 Å².